The first-order valence-corrected chi connectivity index (χ1v) is 7.10. The number of hydrogen-bond donors (Lipinski definition) is 3. The number of hydrazone groups is 1. The van der Waals surface area contributed by atoms with E-state index in [9.17, 15) is 4.79 Å². The van der Waals surface area contributed by atoms with Gasteiger partial charge in [0.15, 0.2) is 23.2 Å². The molecular formula is C12H15BrN4O3S. The molecular weight excluding hydrogens is 360 g/mol. The number of ether oxygens (including phenoxy) is 2. The highest BCUT2D eigenvalue weighted by Crippen LogP contribution is 2.33. The first-order chi connectivity index (χ1) is 9.93. The summed E-state index contributed by atoms with van der Waals surface area (Å²) >= 11 is 8.02. The van der Waals surface area contributed by atoms with Crippen LogP contribution in [0.1, 0.15) is 12.5 Å². The second-order valence-electron chi connectivity index (χ2n) is 3.74. The third-order valence-corrected chi connectivity index (χ3v) is 2.89. The van der Waals surface area contributed by atoms with Gasteiger partial charge in [0.1, 0.15) is 0 Å². The van der Waals surface area contributed by atoms with Gasteiger partial charge >= 0.3 is 0 Å². The van der Waals surface area contributed by atoms with Gasteiger partial charge in [0.25, 0.3) is 5.91 Å². The molecule has 0 radical (unpaired) electrons. The number of rotatable bonds is 7. The molecule has 21 heavy (non-hydrogen) atoms. The molecule has 0 heterocycles. The van der Waals surface area contributed by atoms with Gasteiger partial charge in [0.2, 0.25) is 0 Å². The summed E-state index contributed by atoms with van der Waals surface area (Å²) in [7, 11) is 0. The van der Waals surface area contributed by atoms with Gasteiger partial charge in [-0.1, -0.05) is 0 Å². The minimum Gasteiger partial charge on any atom is -0.490 e. The number of carbonyl (C=O) groups excluding carboxylic acids is 1. The summed E-state index contributed by atoms with van der Waals surface area (Å²) in [6.07, 6.45) is 1.52. The molecule has 1 rings (SSSR count). The third-order valence-electron chi connectivity index (χ3n) is 2.11. The standard InChI is InChI=1S/C12H15BrN4O3S/c1-2-19-9-3-7(5-16-17-12(15)21)8(13)4-10(9)20-6-11(14)18/h3-5H,2,6H2,1H3,(H2,14,18)(H3,15,17,21). The summed E-state index contributed by atoms with van der Waals surface area (Å²) in [6, 6.07) is 3.37. The summed E-state index contributed by atoms with van der Waals surface area (Å²) in [5.74, 6) is 0.306. The highest BCUT2D eigenvalue weighted by atomic mass is 79.9. The molecule has 0 atom stereocenters. The Balaban J connectivity index is 3.01. The number of nitrogens with zero attached hydrogens (tertiary/aromatic N) is 1. The highest BCUT2D eigenvalue weighted by Gasteiger charge is 2.11. The van der Waals surface area contributed by atoms with Crippen LogP contribution in [0.4, 0.5) is 0 Å². The fourth-order valence-corrected chi connectivity index (χ4v) is 1.82. The summed E-state index contributed by atoms with van der Waals surface area (Å²) in [5.41, 5.74) is 13.5. The first kappa shape index (κ1) is 17.2. The second-order valence-corrected chi connectivity index (χ2v) is 5.04. The number of nitrogens with one attached hydrogen (secondary N) is 1. The van der Waals surface area contributed by atoms with Crippen molar-refractivity contribution in [2.75, 3.05) is 13.2 Å². The van der Waals surface area contributed by atoms with Crippen molar-refractivity contribution in [3.63, 3.8) is 0 Å². The van der Waals surface area contributed by atoms with Crippen molar-refractivity contribution in [2.45, 2.75) is 6.92 Å². The molecule has 7 nitrogen and oxygen atoms in total. The van der Waals surface area contributed by atoms with Crippen LogP contribution in [0.5, 0.6) is 11.5 Å². The second kappa shape index (κ2) is 8.42. The van der Waals surface area contributed by atoms with E-state index in [1.54, 1.807) is 12.1 Å². The zero-order valence-corrected chi connectivity index (χ0v) is 13.7. The van der Waals surface area contributed by atoms with Crippen LogP contribution in [0.25, 0.3) is 0 Å². The fraction of sp³-hybridized carbons (Fsp3) is 0.250. The van der Waals surface area contributed by atoms with Gasteiger partial charge in [0, 0.05) is 10.0 Å². The lowest BCUT2D eigenvalue weighted by molar-refractivity contribution is -0.119. The van der Waals surface area contributed by atoms with Crippen LogP contribution in [0.15, 0.2) is 21.7 Å². The number of primary amides is 1. The Labute approximate surface area is 135 Å². The molecule has 114 valence electrons. The van der Waals surface area contributed by atoms with Gasteiger partial charge in [0.05, 0.1) is 12.8 Å². The van der Waals surface area contributed by atoms with E-state index in [1.807, 2.05) is 6.92 Å². The van der Waals surface area contributed by atoms with E-state index in [1.165, 1.54) is 6.21 Å². The first-order valence-electron chi connectivity index (χ1n) is 5.90. The lowest BCUT2D eigenvalue weighted by atomic mass is 10.2. The van der Waals surface area contributed by atoms with Crippen LogP contribution in [-0.2, 0) is 4.79 Å². The molecule has 0 fully saturated rings. The number of halogens is 1. The minimum absolute atomic E-state index is 0.0637. The van der Waals surface area contributed by atoms with Gasteiger partial charge in [-0.15, -0.1) is 0 Å². The lowest BCUT2D eigenvalue weighted by Gasteiger charge is -2.12. The smallest absolute Gasteiger partial charge is 0.255 e. The van der Waals surface area contributed by atoms with E-state index in [0.29, 0.717) is 28.1 Å². The van der Waals surface area contributed by atoms with Crippen LogP contribution in [0.3, 0.4) is 0 Å². The zero-order chi connectivity index (χ0) is 15.8. The number of carbonyl (C=O) groups is 1. The molecule has 0 spiro atoms. The van der Waals surface area contributed by atoms with Crippen LogP contribution >= 0.6 is 28.1 Å². The van der Waals surface area contributed by atoms with E-state index >= 15 is 0 Å². The van der Waals surface area contributed by atoms with Crippen molar-refractivity contribution in [3.05, 3.63) is 22.2 Å². The number of hydrogen-bond acceptors (Lipinski definition) is 5. The van der Waals surface area contributed by atoms with Crippen molar-refractivity contribution < 1.29 is 14.3 Å². The predicted octanol–water partition coefficient (Wildman–Crippen LogP) is 0.879. The van der Waals surface area contributed by atoms with Crippen LogP contribution in [0, 0.1) is 0 Å². The molecule has 0 aromatic heterocycles. The Morgan fingerprint density at radius 1 is 1.43 bits per heavy atom. The predicted molar refractivity (Wildman–Crippen MR) is 87.5 cm³/mol. The van der Waals surface area contributed by atoms with Gasteiger partial charge in [-0.3, -0.25) is 10.2 Å². The van der Waals surface area contributed by atoms with Crippen molar-refractivity contribution in [2.24, 2.45) is 16.6 Å². The minimum atomic E-state index is -0.570. The molecule has 1 amide bonds. The SMILES string of the molecule is CCOc1cc(C=NNC(N)=S)c(Br)cc1OCC(N)=O. The zero-order valence-electron chi connectivity index (χ0n) is 11.3. The molecule has 5 N–H and O–H groups in total. The maximum atomic E-state index is 10.8. The monoisotopic (exact) mass is 374 g/mol. The molecule has 0 aliphatic carbocycles. The normalized spacial score (nSPS) is 10.4. The summed E-state index contributed by atoms with van der Waals surface area (Å²) in [6.45, 7) is 2.04. The summed E-state index contributed by atoms with van der Waals surface area (Å²) in [4.78, 5) is 10.8. The van der Waals surface area contributed by atoms with Crippen molar-refractivity contribution in [1.82, 2.24) is 5.43 Å². The molecule has 0 aliphatic rings. The molecule has 0 saturated carbocycles. The number of amides is 1. The van der Waals surface area contributed by atoms with Gasteiger partial charge in [-0.05, 0) is 47.2 Å². The average molecular weight is 375 g/mol. The number of benzene rings is 1. The Morgan fingerprint density at radius 3 is 2.67 bits per heavy atom. The molecule has 0 aliphatic heterocycles. The number of thiocarbonyl (C=S) groups is 1. The topological polar surface area (TPSA) is 112 Å². The third kappa shape index (κ3) is 5.96. The maximum absolute atomic E-state index is 10.8. The van der Waals surface area contributed by atoms with Crippen LogP contribution in [0.2, 0.25) is 0 Å². The average Bonchev–Trinajstić information content (AvgIpc) is 2.40. The van der Waals surface area contributed by atoms with Gasteiger partial charge in [-0.2, -0.15) is 5.10 Å². The summed E-state index contributed by atoms with van der Waals surface area (Å²) < 4.78 is 11.5. The van der Waals surface area contributed by atoms with Crippen molar-refractivity contribution in [1.29, 1.82) is 0 Å². The van der Waals surface area contributed by atoms with E-state index in [4.69, 9.17) is 20.9 Å². The quantitative estimate of drug-likeness (QED) is 0.371. The van der Waals surface area contributed by atoms with Crippen molar-refractivity contribution in [3.8, 4) is 11.5 Å². The molecule has 1 aromatic rings. The fourth-order valence-electron chi connectivity index (χ4n) is 1.35. The van der Waals surface area contributed by atoms with Gasteiger partial charge < -0.3 is 20.9 Å². The molecule has 0 bridgehead atoms. The Morgan fingerprint density at radius 2 is 2.10 bits per heavy atom. The van der Waals surface area contributed by atoms with E-state index in [-0.39, 0.29) is 11.7 Å². The van der Waals surface area contributed by atoms with Crippen molar-refractivity contribution >= 4 is 45.4 Å². The molecule has 9 heteroatoms. The Hall–Kier alpha value is -1.87. The van der Waals surface area contributed by atoms with Crippen LogP contribution in [-0.4, -0.2) is 30.4 Å². The van der Waals surface area contributed by atoms with E-state index < -0.39 is 5.91 Å². The lowest BCUT2D eigenvalue weighted by Crippen LogP contribution is -2.24. The van der Waals surface area contributed by atoms with E-state index in [2.05, 4.69) is 38.7 Å². The molecule has 0 saturated heterocycles. The molecule has 1 aromatic carbocycles. The largest absolute Gasteiger partial charge is 0.490 e. The Bertz CT molecular complexity index is 566. The van der Waals surface area contributed by atoms with Crippen LogP contribution < -0.4 is 26.4 Å². The maximum Gasteiger partial charge on any atom is 0.255 e. The van der Waals surface area contributed by atoms with E-state index in [0.717, 1.165) is 0 Å². The summed E-state index contributed by atoms with van der Waals surface area (Å²) in [5, 5.41) is 3.93. The Kier molecular flexibility index (Phi) is 6.89. The highest BCUT2D eigenvalue weighted by molar-refractivity contribution is 9.10. The van der Waals surface area contributed by atoms with Gasteiger partial charge in [-0.25, -0.2) is 0 Å². The number of nitrogens with two attached hydrogens (primary N) is 2. The molecule has 0 unspecified atom stereocenters.